The first-order valence-corrected chi connectivity index (χ1v) is 7.71. The molecule has 0 spiro atoms. The van der Waals surface area contributed by atoms with Crippen molar-refractivity contribution < 1.29 is 13.9 Å². The lowest BCUT2D eigenvalue weighted by atomic mass is 9.98. The quantitative estimate of drug-likeness (QED) is 0.871. The molecule has 0 heterocycles. The predicted octanol–water partition coefficient (Wildman–Crippen LogP) is 4.66. The molecule has 0 aliphatic rings. The number of halogens is 1. The van der Waals surface area contributed by atoms with Crippen LogP contribution in [-0.2, 0) is 4.79 Å². The van der Waals surface area contributed by atoms with Crippen molar-refractivity contribution in [3.8, 4) is 5.75 Å². The fourth-order valence-corrected chi connectivity index (χ4v) is 2.34. The van der Waals surface area contributed by atoms with Crippen LogP contribution in [0.25, 0.3) is 0 Å². The van der Waals surface area contributed by atoms with Crippen molar-refractivity contribution in [3.63, 3.8) is 0 Å². The third kappa shape index (κ3) is 4.31. The number of para-hydroxylation sites is 1. The Morgan fingerprint density at radius 3 is 2.35 bits per heavy atom. The van der Waals surface area contributed by atoms with Crippen LogP contribution in [0, 0.1) is 12.7 Å². The summed E-state index contributed by atoms with van der Waals surface area (Å²) in [4.78, 5) is 12.4. The Kier molecular flexibility index (Phi) is 5.37. The van der Waals surface area contributed by atoms with Crippen molar-refractivity contribution >= 4 is 11.6 Å². The zero-order valence-corrected chi connectivity index (χ0v) is 13.9. The number of hydrogen-bond acceptors (Lipinski definition) is 2. The Balaban J connectivity index is 2.11. The zero-order valence-electron chi connectivity index (χ0n) is 13.9. The molecular formula is C19H22FNO2. The topological polar surface area (TPSA) is 38.3 Å². The van der Waals surface area contributed by atoms with Gasteiger partial charge in [-0.2, -0.15) is 0 Å². The molecule has 2 aromatic carbocycles. The van der Waals surface area contributed by atoms with Crippen LogP contribution in [0.3, 0.4) is 0 Å². The maximum absolute atomic E-state index is 12.9. The van der Waals surface area contributed by atoms with Crippen LogP contribution in [0.5, 0.6) is 5.75 Å². The lowest BCUT2D eigenvalue weighted by molar-refractivity contribution is -0.122. The summed E-state index contributed by atoms with van der Waals surface area (Å²) in [7, 11) is 0. The first kappa shape index (κ1) is 17.0. The molecule has 1 N–H and O–H groups in total. The van der Waals surface area contributed by atoms with Crippen LogP contribution in [-0.4, -0.2) is 12.0 Å². The van der Waals surface area contributed by atoms with Crippen LogP contribution in [0.4, 0.5) is 10.1 Å². The minimum Gasteiger partial charge on any atom is -0.481 e. The number of benzene rings is 2. The van der Waals surface area contributed by atoms with E-state index in [2.05, 4.69) is 19.2 Å². The van der Waals surface area contributed by atoms with Gasteiger partial charge in [-0.15, -0.1) is 0 Å². The molecule has 0 unspecified atom stereocenters. The van der Waals surface area contributed by atoms with Gasteiger partial charge in [-0.05, 0) is 55.2 Å². The van der Waals surface area contributed by atoms with Crippen LogP contribution in [0.1, 0.15) is 37.8 Å². The molecule has 4 heteroatoms. The summed E-state index contributed by atoms with van der Waals surface area (Å²) >= 11 is 0. The Bertz CT molecular complexity index is 680. The van der Waals surface area contributed by atoms with Crippen molar-refractivity contribution in [2.24, 2.45) is 0 Å². The van der Waals surface area contributed by atoms with Crippen molar-refractivity contribution in [2.45, 2.75) is 39.7 Å². The van der Waals surface area contributed by atoms with Gasteiger partial charge in [-0.1, -0.05) is 32.0 Å². The third-order valence-corrected chi connectivity index (χ3v) is 3.67. The van der Waals surface area contributed by atoms with Gasteiger partial charge in [0.05, 0.1) is 0 Å². The second-order valence-corrected chi connectivity index (χ2v) is 5.90. The highest BCUT2D eigenvalue weighted by Gasteiger charge is 2.18. The molecule has 0 aliphatic heterocycles. The van der Waals surface area contributed by atoms with Crippen molar-refractivity contribution in [2.75, 3.05) is 5.32 Å². The van der Waals surface area contributed by atoms with E-state index in [0.29, 0.717) is 11.7 Å². The highest BCUT2D eigenvalue weighted by Crippen LogP contribution is 2.27. The molecule has 0 saturated carbocycles. The number of hydrogen-bond donors (Lipinski definition) is 1. The summed E-state index contributed by atoms with van der Waals surface area (Å²) in [6, 6.07) is 11.6. The second-order valence-electron chi connectivity index (χ2n) is 5.90. The predicted molar refractivity (Wildman–Crippen MR) is 90.4 cm³/mol. The molecule has 0 aromatic heterocycles. The molecule has 2 aromatic rings. The monoisotopic (exact) mass is 315 g/mol. The molecule has 0 radical (unpaired) electrons. The van der Waals surface area contributed by atoms with E-state index < -0.39 is 6.10 Å². The van der Waals surface area contributed by atoms with Crippen molar-refractivity contribution in [3.05, 3.63) is 59.4 Å². The summed E-state index contributed by atoms with van der Waals surface area (Å²) < 4.78 is 18.5. The average molecular weight is 315 g/mol. The van der Waals surface area contributed by atoms with E-state index in [1.165, 1.54) is 24.3 Å². The highest BCUT2D eigenvalue weighted by atomic mass is 19.1. The normalized spacial score (nSPS) is 12.1. The molecule has 23 heavy (non-hydrogen) atoms. The molecule has 0 saturated heterocycles. The van der Waals surface area contributed by atoms with Gasteiger partial charge in [0.15, 0.2) is 6.10 Å². The largest absolute Gasteiger partial charge is 0.481 e. The first-order valence-electron chi connectivity index (χ1n) is 7.71. The standard InChI is InChI=1S/C19H22FNO2/c1-12(2)17-7-5-6-13(3)18(17)21-19(22)14(4)23-16-10-8-15(20)9-11-16/h5-12,14H,1-4H3,(H,21,22)/t14-/m0/s1. The van der Waals surface area contributed by atoms with Gasteiger partial charge in [0.25, 0.3) is 5.91 Å². The van der Waals surface area contributed by atoms with Crippen LogP contribution < -0.4 is 10.1 Å². The van der Waals surface area contributed by atoms with Gasteiger partial charge >= 0.3 is 0 Å². The summed E-state index contributed by atoms with van der Waals surface area (Å²) in [5.74, 6) is 0.197. The van der Waals surface area contributed by atoms with Gasteiger partial charge in [-0.25, -0.2) is 4.39 Å². The summed E-state index contributed by atoms with van der Waals surface area (Å²) in [6.45, 7) is 7.81. The number of ether oxygens (including phenoxy) is 1. The number of amides is 1. The third-order valence-electron chi connectivity index (χ3n) is 3.67. The molecular weight excluding hydrogens is 293 g/mol. The first-order chi connectivity index (χ1) is 10.9. The fourth-order valence-electron chi connectivity index (χ4n) is 2.34. The molecule has 0 aliphatic carbocycles. The molecule has 0 fully saturated rings. The van der Waals surface area contributed by atoms with E-state index in [0.717, 1.165) is 16.8 Å². The minimum atomic E-state index is -0.680. The number of rotatable bonds is 5. The lowest BCUT2D eigenvalue weighted by Gasteiger charge is -2.19. The number of anilines is 1. The SMILES string of the molecule is Cc1cccc(C(C)C)c1NC(=O)[C@H](C)Oc1ccc(F)cc1. The van der Waals surface area contributed by atoms with E-state index in [1.54, 1.807) is 6.92 Å². The van der Waals surface area contributed by atoms with E-state index >= 15 is 0 Å². The Labute approximate surface area is 136 Å². The Morgan fingerprint density at radius 2 is 1.74 bits per heavy atom. The summed E-state index contributed by atoms with van der Waals surface area (Å²) in [6.07, 6.45) is -0.680. The number of carbonyl (C=O) groups excluding carboxylic acids is 1. The molecule has 2 rings (SSSR count). The molecule has 3 nitrogen and oxygen atoms in total. The van der Waals surface area contributed by atoms with E-state index in [9.17, 15) is 9.18 Å². The molecule has 1 amide bonds. The highest BCUT2D eigenvalue weighted by molar-refractivity contribution is 5.95. The minimum absolute atomic E-state index is 0.231. The summed E-state index contributed by atoms with van der Waals surface area (Å²) in [5.41, 5.74) is 2.94. The van der Waals surface area contributed by atoms with Crippen LogP contribution >= 0.6 is 0 Å². The Morgan fingerprint density at radius 1 is 1.09 bits per heavy atom. The van der Waals surface area contributed by atoms with E-state index in [-0.39, 0.29) is 11.7 Å². The summed E-state index contributed by atoms with van der Waals surface area (Å²) in [5, 5.41) is 2.95. The van der Waals surface area contributed by atoms with Crippen LogP contribution in [0.15, 0.2) is 42.5 Å². The molecule has 1 atom stereocenters. The number of carbonyl (C=O) groups is 1. The molecule has 122 valence electrons. The van der Waals surface area contributed by atoms with Gasteiger partial charge in [0.1, 0.15) is 11.6 Å². The van der Waals surface area contributed by atoms with Crippen LogP contribution in [0.2, 0.25) is 0 Å². The van der Waals surface area contributed by atoms with Gasteiger partial charge < -0.3 is 10.1 Å². The van der Waals surface area contributed by atoms with Gasteiger partial charge in [0.2, 0.25) is 0 Å². The van der Waals surface area contributed by atoms with Gasteiger partial charge in [-0.3, -0.25) is 4.79 Å². The van der Waals surface area contributed by atoms with Crippen molar-refractivity contribution in [1.29, 1.82) is 0 Å². The number of aryl methyl sites for hydroxylation is 1. The fraction of sp³-hybridized carbons (Fsp3) is 0.316. The molecule has 0 bridgehead atoms. The zero-order chi connectivity index (χ0) is 17.0. The second kappa shape index (κ2) is 7.27. The average Bonchev–Trinajstić information content (AvgIpc) is 2.51. The van der Waals surface area contributed by atoms with E-state index in [4.69, 9.17) is 4.74 Å². The maximum atomic E-state index is 12.9. The number of nitrogens with one attached hydrogen (secondary N) is 1. The maximum Gasteiger partial charge on any atom is 0.265 e. The smallest absolute Gasteiger partial charge is 0.265 e. The van der Waals surface area contributed by atoms with Crippen molar-refractivity contribution in [1.82, 2.24) is 0 Å². The Hall–Kier alpha value is -2.36. The van der Waals surface area contributed by atoms with Gasteiger partial charge in [0, 0.05) is 5.69 Å². The van der Waals surface area contributed by atoms with E-state index in [1.807, 2.05) is 25.1 Å². The lowest BCUT2D eigenvalue weighted by Crippen LogP contribution is -2.30.